The summed E-state index contributed by atoms with van der Waals surface area (Å²) in [5.41, 5.74) is 3.08. The molecule has 2 atom stereocenters. The minimum Gasteiger partial charge on any atom is -0.489 e. The molecule has 0 radical (unpaired) electrons. The van der Waals surface area contributed by atoms with E-state index >= 15 is 0 Å². The van der Waals surface area contributed by atoms with Gasteiger partial charge in [0, 0.05) is 13.5 Å². The van der Waals surface area contributed by atoms with Crippen LogP contribution in [0.15, 0.2) is 12.1 Å². The Labute approximate surface area is 197 Å². The molecule has 0 bridgehead atoms. The zero-order valence-electron chi connectivity index (χ0n) is 19.8. The second kappa shape index (κ2) is 9.47. The second-order valence-electron chi connectivity index (χ2n) is 9.32. The molecule has 180 valence electrons. The van der Waals surface area contributed by atoms with Crippen molar-refractivity contribution in [2.75, 3.05) is 7.11 Å². The van der Waals surface area contributed by atoms with E-state index < -0.39 is 0 Å². The number of carbonyl (C=O) groups excluding carboxylic acids is 1. The molecule has 0 aromatic carbocycles. The van der Waals surface area contributed by atoms with Crippen LogP contribution in [0.1, 0.15) is 55.7 Å². The van der Waals surface area contributed by atoms with E-state index in [0.717, 1.165) is 54.3 Å². The van der Waals surface area contributed by atoms with Crippen LogP contribution >= 0.6 is 0 Å². The third-order valence-electron chi connectivity index (χ3n) is 6.75. The minimum absolute atomic E-state index is 0.0269. The van der Waals surface area contributed by atoms with Crippen molar-refractivity contribution >= 4 is 5.97 Å². The van der Waals surface area contributed by atoms with Crippen LogP contribution in [-0.2, 0) is 29.5 Å². The van der Waals surface area contributed by atoms with Crippen molar-refractivity contribution in [2.24, 2.45) is 18.9 Å². The molecular formula is C23H30N8O3. The molecular weight excluding hydrogens is 436 g/mol. The number of pyridine rings is 1. The summed E-state index contributed by atoms with van der Waals surface area (Å²) in [7, 11) is 3.30. The third kappa shape index (κ3) is 4.78. The van der Waals surface area contributed by atoms with Gasteiger partial charge in [-0.25, -0.2) is 14.3 Å². The first-order valence-corrected chi connectivity index (χ1v) is 11.9. The summed E-state index contributed by atoms with van der Waals surface area (Å²) in [4.78, 5) is 16.7. The topological polar surface area (TPSA) is 123 Å². The largest absolute Gasteiger partial charge is 0.489 e. The van der Waals surface area contributed by atoms with Gasteiger partial charge in [0.15, 0.2) is 5.82 Å². The second-order valence-corrected chi connectivity index (χ2v) is 9.32. The standard InChI is InChI=1S/C23H30N8O3/c1-14-20(34-17-6-4-5-16(12-17)23(32)33-3)10-9-18(24-14)22-19(30(2)28-26-22)13-31-21(25-27-29-31)11-15-7-8-15/h9-10,15-17H,4-8,11-13H2,1-3H3/t16-,17-/m0/s1. The summed E-state index contributed by atoms with van der Waals surface area (Å²) in [5.74, 6) is 2.04. The molecule has 5 rings (SSSR count). The number of ether oxygens (including phenoxy) is 2. The van der Waals surface area contributed by atoms with Gasteiger partial charge < -0.3 is 9.47 Å². The fourth-order valence-corrected chi connectivity index (χ4v) is 4.58. The van der Waals surface area contributed by atoms with Crippen LogP contribution < -0.4 is 4.74 Å². The third-order valence-corrected chi connectivity index (χ3v) is 6.75. The Morgan fingerprint density at radius 2 is 2.00 bits per heavy atom. The van der Waals surface area contributed by atoms with Crippen molar-refractivity contribution in [3.05, 3.63) is 29.3 Å². The van der Waals surface area contributed by atoms with Crippen LogP contribution in [0.5, 0.6) is 5.75 Å². The number of hydrogen-bond donors (Lipinski definition) is 0. The van der Waals surface area contributed by atoms with Gasteiger partial charge in [-0.1, -0.05) is 5.21 Å². The molecule has 0 unspecified atom stereocenters. The van der Waals surface area contributed by atoms with Crippen molar-refractivity contribution in [1.29, 1.82) is 0 Å². The van der Waals surface area contributed by atoms with Gasteiger partial charge in [-0.15, -0.1) is 10.2 Å². The summed E-state index contributed by atoms with van der Waals surface area (Å²) < 4.78 is 14.7. The molecule has 2 fully saturated rings. The molecule has 3 aromatic rings. The maximum absolute atomic E-state index is 11.9. The Morgan fingerprint density at radius 3 is 2.76 bits per heavy atom. The Morgan fingerprint density at radius 1 is 1.15 bits per heavy atom. The van der Waals surface area contributed by atoms with Gasteiger partial charge in [0.25, 0.3) is 0 Å². The summed E-state index contributed by atoms with van der Waals surface area (Å²) in [5, 5.41) is 20.9. The van der Waals surface area contributed by atoms with Gasteiger partial charge >= 0.3 is 5.97 Å². The van der Waals surface area contributed by atoms with Gasteiger partial charge in [0.05, 0.1) is 42.8 Å². The molecule has 2 aliphatic rings. The van der Waals surface area contributed by atoms with Crippen molar-refractivity contribution in [3.8, 4) is 17.1 Å². The predicted molar refractivity (Wildman–Crippen MR) is 121 cm³/mol. The Hall–Kier alpha value is -3.37. The highest BCUT2D eigenvalue weighted by Crippen LogP contribution is 2.33. The number of hydrogen-bond acceptors (Lipinski definition) is 9. The average Bonchev–Trinajstić information content (AvgIpc) is 3.44. The number of nitrogens with zero attached hydrogens (tertiary/aromatic N) is 8. The summed E-state index contributed by atoms with van der Waals surface area (Å²) in [6, 6.07) is 3.83. The number of aromatic nitrogens is 8. The van der Waals surface area contributed by atoms with Crippen molar-refractivity contribution in [1.82, 2.24) is 40.2 Å². The van der Waals surface area contributed by atoms with Crippen LogP contribution in [0, 0.1) is 18.8 Å². The van der Waals surface area contributed by atoms with Crippen molar-refractivity contribution in [3.63, 3.8) is 0 Å². The van der Waals surface area contributed by atoms with Crippen LogP contribution in [-0.4, -0.2) is 59.4 Å². The summed E-state index contributed by atoms with van der Waals surface area (Å²) in [6.45, 7) is 2.40. The maximum atomic E-state index is 11.9. The highest BCUT2D eigenvalue weighted by Gasteiger charge is 2.30. The number of esters is 1. The molecule has 2 saturated carbocycles. The van der Waals surface area contributed by atoms with Gasteiger partial charge in [0.1, 0.15) is 11.4 Å². The van der Waals surface area contributed by atoms with E-state index in [2.05, 4.69) is 25.8 Å². The van der Waals surface area contributed by atoms with E-state index in [1.807, 2.05) is 30.8 Å². The first kappa shape index (κ1) is 22.4. The van der Waals surface area contributed by atoms with E-state index in [1.165, 1.54) is 20.0 Å². The molecule has 0 aliphatic heterocycles. The number of rotatable bonds is 8. The molecule has 3 aromatic heterocycles. The average molecular weight is 467 g/mol. The minimum atomic E-state index is -0.156. The molecule has 0 saturated heterocycles. The molecule has 11 nitrogen and oxygen atoms in total. The van der Waals surface area contributed by atoms with Crippen LogP contribution in [0.4, 0.5) is 0 Å². The van der Waals surface area contributed by atoms with Gasteiger partial charge in [-0.3, -0.25) is 4.79 Å². The van der Waals surface area contributed by atoms with E-state index in [9.17, 15) is 4.79 Å². The molecule has 11 heteroatoms. The van der Waals surface area contributed by atoms with Crippen molar-refractivity contribution < 1.29 is 14.3 Å². The van der Waals surface area contributed by atoms with Gasteiger partial charge in [-0.05, 0) is 73.9 Å². The lowest BCUT2D eigenvalue weighted by atomic mass is 9.87. The summed E-state index contributed by atoms with van der Waals surface area (Å²) in [6.07, 6.45) is 6.73. The zero-order chi connectivity index (χ0) is 23.7. The SMILES string of the molecule is COC(=O)[C@H]1CCC[C@H](Oc2ccc(-c3nnn(C)c3Cn3nnnc3CC3CC3)nc2C)C1. The van der Waals surface area contributed by atoms with Crippen LogP contribution in [0.25, 0.3) is 11.4 Å². The highest BCUT2D eigenvalue weighted by atomic mass is 16.5. The lowest BCUT2D eigenvalue weighted by Gasteiger charge is -2.28. The van der Waals surface area contributed by atoms with E-state index in [-0.39, 0.29) is 18.0 Å². The lowest BCUT2D eigenvalue weighted by Crippen LogP contribution is -2.30. The van der Waals surface area contributed by atoms with Gasteiger partial charge in [0.2, 0.25) is 0 Å². The fourth-order valence-electron chi connectivity index (χ4n) is 4.58. The molecule has 34 heavy (non-hydrogen) atoms. The number of tetrazole rings is 1. The van der Waals surface area contributed by atoms with Gasteiger partial charge in [-0.2, -0.15) is 0 Å². The van der Waals surface area contributed by atoms with E-state index in [4.69, 9.17) is 14.5 Å². The lowest BCUT2D eigenvalue weighted by molar-refractivity contribution is -0.147. The highest BCUT2D eigenvalue weighted by molar-refractivity contribution is 5.72. The number of methoxy groups -OCH3 is 1. The zero-order valence-corrected chi connectivity index (χ0v) is 19.8. The molecule has 2 aliphatic carbocycles. The molecule has 3 heterocycles. The van der Waals surface area contributed by atoms with Crippen LogP contribution in [0.3, 0.4) is 0 Å². The summed E-state index contributed by atoms with van der Waals surface area (Å²) >= 11 is 0. The normalized spacial score (nSPS) is 20.3. The smallest absolute Gasteiger partial charge is 0.308 e. The quantitative estimate of drug-likeness (QED) is 0.460. The van der Waals surface area contributed by atoms with Crippen LogP contribution in [0.2, 0.25) is 0 Å². The molecule has 0 amide bonds. The predicted octanol–water partition coefficient (Wildman–Crippen LogP) is 2.28. The monoisotopic (exact) mass is 466 g/mol. The number of aryl methyl sites for hydroxylation is 2. The maximum Gasteiger partial charge on any atom is 0.308 e. The number of carbonyl (C=O) groups is 1. The Balaban J connectivity index is 1.32. The molecule has 0 spiro atoms. The first-order chi connectivity index (χ1) is 16.5. The molecule has 0 N–H and O–H groups in total. The Kier molecular flexibility index (Phi) is 6.25. The van der Waals surface area contributed by atoms with E-state index in [0.29, 0.717) is 24.6 Å². The fraction of sp³-hybridized carbons (Fsp3) is 0.609. The Bertz CT molecular complexity index is 1170. The first-order valence-electron chi connectivity index (χ1n) is 11.9. The van der Waals surface area contributed by atoms with Crippen molar-refractivity contribution in [2.45, 2.75) is 64.5 Å². The van der Waals surface area contributed by atoms with E-state index in [1.54, 1.807) is 4.68 Å².